The van der Waals surface area contributed by atoms with E-state index >= 15 is 0 Å². The van der Waals surface area contributed by atoms with E-state index in [2.05, 4.69) is 21.7 Å². The zero-order valence-corrected chi connectivity index (χ0v) is 21.0. The Morgan fingerprint density at radius 1 is 0.946 bits per heavy atom. The average molecular weight is 527 g/mol. The highest BCUT2D eigenvalue weighted by Crippen LogP contribution is 2.34. The van der Waals surface area contributed by atoms with Gasteiger partial charge in [-0.1, -0.05) is 25.1 Å². The molecule has 1 heterocycles. The standard InChI is InChI=1S/C27H25F3N4O2S/c1-3-34(16-25(36)32-21-7-5-4-6-20(21)27(28,29)30)15-24(35)31-19-11-9-18(10-12-19)26-33-22-13-8-17(2)14-23(22)37-26/h4-14H,3,15-16H2,1-2H3,(H,31,35)(H,32,36). The van der Waals surface area contributed by atoms with Crippen molar-refractivity contribution in [1.82, 2.24) is 9.88 Å². The lowest BCUT2D eigenvalue weighted by Gasteiger charge is -2.20. The number of aryl methyl sites for hydroxylation is 1. The van der Waals surface area contributed by atoms with Crippen molar-refractivity contribution in [1.29, 1.82) is 0 Å². The molecule has 0 saturated carbocycles. The number of thiazole rings is 1. The number of nitrogens with one attached hydrogen (secondary N) is 2. The van der Waals surface area contributed by atoms with Crippen LogP contribution in [0.5, 0.6) is 0 Å². The molecule has 0 atom stereocenters. The number of rotatable bonds is 8. The highest BCUT2D eigenvalue weighted by molar-refractivity contribution is 7.21. The molecule has 0 saturated heterocycles. The number of carbonyl (C=O) groups is 2. The van der Waals surface area contributed by atoms with Crippen LogP contribution >= 0.6 is 11.3 Å². The zero-order chi connectivity index (χ0) is 26.6. The molecular weight excluding hydrogens is 501 g/mol. The molecular formula is C27H25F3N4O2S. The van der Waals surface area contributed by atoms with Crippen LogP contribution in [0.2, 0.25) is 0 Å². The quantitative estimate of drug-likeness (QED) is 0.287. The van der Waals surface area contributed by atoms with Gasteiger partial charge in [0.25, 0.3) is 0 Å². The normalized spacial score (nSPS) is 11.6. The molecule has 37 heavy (non-hydrogen) atoms. The largest absolute Gasteiger partial charge is 0.418 e. The van der Waals surface area contributed by atoms with Crippen LogP contribution in [-0.2, 0) is 15.8 Å². The van der Waals surface area contributed by atoms with Gasteiger partial charge >= 0.3 is 6.18 Å². The smallest absolute Gasteiger partial charge is 0.325 e. The van der Waals surface area contributed by atoms with Gasteiger partial charge < -0.3 is 10.6 Å². The highest BCUT2D eigenvalue weighted by Gasteiger charge is 2.33. The zero-order valence-electron chi connectivity index (χ0n) is 20.2. The minimum absolute atomic E-state index is 0.0934. The maximum Gasteiger partial charge on any atom is 0.418 e. The van der Waals surface area contributed by atoms with Gasteiger partial charge in [-0.3, -0.25) is 14.5 Å². The summed E-state index contributed by atoms with van der Waals surface area (Å²) in [5, 5.41) is 5.98. The number of fused-ring (bicyclic) bond motifs is 1. The summed E-state index contributed by atoms with van der Waals surface area (Å²) in [5.74, 6) is -0.977. The summed E-state index contributed by atoms with van der Waals surface area (Å²) in [6.45, 7) is 3.83. The molecule has 0 aliphatic carbocycles. The van der Waals surface area contributed by atoms with Crippen LogP contribution in [0.4, 0.5) is 24.5 Å². The van der Waals surface area contributed by atoms with Crippen molar-refractivity contribution in [2.75, 3.05) is 30.3 Å². The monoisotopic (exact) mass is 526 g/mol. The number of alkyl halides is 3. The molecule has 3 aromatic carbocycles. The Hall–Kier alpha value is -3.76. The van der Waals surface area contributed by atoms with Crippen molar-refractivity contribution < 1.29 is 22.8 Å². The van der Waals surface area contributed by atoms with Gasteiger partial charge in [0, 0.05) is 11.3 Å². The van der Waals surface area contributed by atoms with Crippen LogP contribution in [-0.4, -0.2) is 41.3 Å². The molecule has 2 N–H and O–H groups in total. The van der Waals surface area contributed by atoms with Crippen molar-refractivity contribution in [2.24, 2.45) is 0 Å². The van der Waals surface area contributed by atoms with Gasteiger partial charge in [0.05, 0.1) is 34.6 Å². The topological polar surface area (TPSA) is 74.3 Å². The van der Waals surface area contributed by atoms with Crippen LogP contribution in [0.3, 0.4) is 0 Å². The van der Waals surface area contributed by atoms with Gasteiger partial charge in [0.15, 0.2) is 0 Å². The number of hydrogen-bond acceptors (Lipinski definition) is 5. The molecule has 0 spiro atoms. The lowest BCUT2D eigenvalue weighted by atomic mass is 10.1. The first kappa shape index (κ1) is 26.3. The van der Waals surface area contributed by atoms with Gasteiger partial charge in [-0.15, -0.1) is 11.3 Å². The first-order valence-electron chi connectivity index (χ1n) is 11.6. The third-order valence-electron chi connectivity index (χ3n) is 5.65. The van der Waals surface area contributed by atoms with Crippen LogP contribution in [0.25, 0.3) is 20.8 Å². The maximum absolute atomic E-state index is 13.2. The second kappa shape index (κ2) is 11.1. The fraction of sp³-hybridized carbons (Fsp3) is 0.222. The van der Waals surface area contributed by atoms with Crippen LogP contribution in [0.15, 0.2) is 66.7 Å². The summed E-state index contributed by atoms with van der Waals surface area (Å²) < 4.78 is 40.6. The Morgan fingerprint density at radius 2 is 1.62 bits per heavy atom. The summed E-state index contributed by atoms with van der Waals surface area (Å²) in [7, 11) is 0. The number of para-hydroxylation sites is 1. The Morgan fingerprint density at radius 3 is 2.30 bits per heavy atom. The number of anilines is 2. The van der Waals surface area contributed by atoms with Crippen molar-refractivity contribution in [3.05, 3.63) is 77.9 Å². The summed E-state index contributed by atoms with van der Waals surface area (Å²) in [5.41, 5.74) is 2.39. The van der Waals surface area contributed by atoms with E-state index in [-0.39, 0.29) is 24.7 Å². The predicted molar refractivity (Wildman–Crippen MR) is 141 cm³/mol. The van der Waals surface area contributed by atoms with E-state index in [4.69, 9.17) is 0 Å². The van der Waals surface area contributed by atoms with E-state index < -0.39 is 17.6 Å². The molecule has 1 aromatic heterocycles. The molecule has 6 nitrogen and oxygen atoms in total. The predicted octanol–water partition coefficient (Wildman–Crippen LogP) is 6.19. The van der Waals surface area contributed by atoms with E-state index in [9.17, 15) is 22.8 Å². The van der Waals surface area contributed by atoms with Gasteiger partial charge in [0.2, 0.25) is 11.8 Å². The van der Waals surface area contributed by atoms with Crippen LogP contribution < -0.4 is 10.6 Å². The molecule has 0 unspecified atom stereocenters. The van der Waals surface area contributed by atoms with E-state index in [1.54, 1.807) is 35.3 Å². The number of hydrogen-bond donors (Lipinski definition) is 2. The Kier molecular flexibility index (Phi) is 7.89. The molecule has 0 aliphatic rings. The summed E-state index contributed by atoms with van der Waals surface area (Å²) in [4.78, 5) is 31.2. The van der Waals surface area contributed by atoms with Crippen LogP contribution in [0, 0.1) is 6.92 Å². The molecule has 2 amide bonds. The molecule has 10 heteroatoms. The minimum Gasteiger partial charge on any atom is -0.325 e. The average Bonchev–Trinajstić information content (AvgIpc) is 3.27. The summed E-state index contributed by atoms with van der Waals surface area (Å²) in [6.07, 6.45) is -4.59. The van der Waals surface area contributed by atoms with E-state index in [1.165, 1.54) is 23.8 Å². The third kappa shape index (κ3) is 6.72. The number of halogens is 3. The fourth-order valence-corrected chi connectivity index (χ4v) is 4.84. The summed E-state index contributed by atoms with van der Waals surface area (Å²) in [6, 6.07) is 18.2. The molecule has 0 fully saturated rings. The SMILES string of the molecule is CCN(CC(=O)Nc1ccc(-c2nc3ccc(C)cc3s2)cc1)CC(=O)Nc1ccccc1C(F)(F)F. The first-order chi connectivity index (χ1) is 17.6. The Balaban J connectivity index is 1.34. The molecule has 4 rings (SSSR count). The first-order valence-corrected chi connectivity index (χ1v) is 12.4. The second-order valence-electron chi connectivity index (χ2n) is 8.51. The third-order valence-corrected chi connectivity index (χ3v) is 6.71. The number of amides is 2. The van der Waals surface area contributed by atoms with Gasteiger partial charge in [-0.05, 0) is 67.6 Å². The second-order valence-corrected chi connectivity index (χ2v) is 9.54. The molecule has 0 bridgehead atoms. The van der Waals surface area contributed by atoms with Crippen molar-refractivity contribution >= 4 is 44.7 Å². The Labute approximate surface area is 216 Å². The summed E-state index contributed by atoms with van der Waals surface area (Å²) >= 11 is 1.60. The van der Waals surface area contributed by atoms with Crippen LogP contribution in [0.1, 0.15) is 18.1 Å². The van der Waals surface area contributed by atoms with Gasteiger partial charge in [-0.25, -0.2) is 4.98 Å². The van der Waals surface area contributed by atoms with Gasteiger partial charge in [0.1, 0.15) is 5.01 Å². The van der Waals surface area contributed by atoms with Crippen molar-refractivity contribution in [2.45, 2.75) is 20.0 Å². The number of likely N-dealkylation sites (N-methyl/N-ethyl adjacent to an activating group) is 1. The molecule has 0 radical (unpaired) electrons. The maximum atomic E-state index is 13.2. The molecule has 0 aliphatic heterocycles. The number of nitrogens with zero attached hydrogens (tertiary/aromatic N) is 2. The molecule has 4 aromatic rings. The van der Waals surface area contributed by atoms with Crippen molar-refractivity contribution in [3.8, 4) is 10.6 Å². The lowest BCUT2D eigenvalue weighted by molar-refractivity contribution is -0.137. The highest BCUT2D eigenvalue weighted by atomic mass is 32.1. The number of carbonyl (C=O) groups excluding carboxylic acids is 2. The lowest BCUT2D eigenvalue weighted by Crippen LogP contribution is -2.38. The van der Waals surface area contributed by atoms with E-state index in [0.29, 0.717) is 12.2 Å². The number of benzene rings is 3. The minimum atomic E-state index is -4.59. The number of aromatic nitrogens is 1. The van der Waals surface area contributed by atoms with E-state index in [1.807, 2.05) is 31.2 Å². The van der Waals surface area contributed by atoms with Gasteiger partial charge in [-0.2, -0.15) is 13.2 Å². The molecule has 192 valence electrons. The fourth-order valence-electron chi connectivity index (χ4n) is 3.77. The van der Waals surface area contributed by atoms with E-state index in [0.717, 1.165) is 26.9 Å². The Bertz CT molecular complexity index is 1420. The van der Waals surface area contributed by atoms with Crippen molar-refractivity contribution in [3.63, 3.8) is 0 Å².